The smallest absolute Gasteiger partial charge is 0.269 e. The van der Waals surface area contributed by atoms with Crippen LogP contribution in [0.1, 0.15) is 10.4 Å². The summed E-state index contributed by atoms with van der Waals surface area (Å²) < 4.78 is 5.69. The lowest BCUT2D eigenvalue weighted by molar-refractivity contribution is -0.125. The van der Waals surface area contributed by atoms with Crippen LogP contribution in [0.3, 0.4) is 0 Å². The lowest BCUT2D eigenvalue weighted by Crippen LogP contribution is -2.49. The normalized spacial score (nSPS) is 16.5. The van der Waals surface area contributed by atoms with Crippen molar-refractivity contribution in [2.45, 2.75) is 6.10 Å². The van der Waals surface area contributed by atoms with Gasteiger partial charge in [-0.2, -0.15) is 0 Å². The highest BCUT2D eigenvalue weighted by Crippen LogP contribution is 2.32. The Morgan fingerprint density at radius 1 is 1.22 bits per heavy atom. The molecule has 0 saturated carbocycles. The van der Waals surface area contributed by atoms with Crippen molar-refractivity contribution in [3.8, 4) is 5.75 Å². The number of halogens is 1. The zero-order valence-corrected chi connectivity index (χ0v) is 13.2. The Bertz CT molecular complexity index is 763. The van der Waals surface area contributed by atoms with E-state index in [-0.39, 0.29) is 18.4 Å². The average molecular weight is 331 g/mol. The van der Waals surface area contributed by atoms with Gasteiger partial charge in [-0.1, -0.05) is 35.9 Å². The van der Waals surface area contributed by atoms with Gasteiger partial charge in [0.25, 0.3) is 11.8 Å². The van der Waals surface area contributed by atoms with Crippen LogP contribution in [-0.2, 0) is 4.79 Å². The number of hydrogen-bond acceptors (Lipinski definition) is 3. The number of anilines is 1. The third-order valence-electron chi connectivity index (χ3n) is 3.67. The maximum atomic E-state index is 12.3. The first-order valence-electron chi connectivity index (χ1n) is 7.14. The molecule has 0 spiro atoms. The lowest BCUT2D eigenvalue weighted by atomic mass is 10.1. The van der Waals surface area contributed by atoms with Gasteiger partial charge < -0.3 is 15.0 Å². The van der Waals surface area contributed by atoms with E-state index in [1.165, 1.54) is 4.90 Å². The van der Waals surface area contributed by atoms with Crippen molar-refractivity contribution in [1.29, 1.82) is 0 Å². The van der Waals surface area contributed by atoms with Gasteiger partial charge in [0.15, 0.2) is 6.10 Å². The van der Waals surface area contributed by atoms with Crippen molar-refractivity contribution in [1.82, 2.24) is 5.32 Å². The lowest BCUT2D eigenvalue weighted by Gasteiger charge is -2.31. The van der Waals surface area contributed by atoms with Crippen LogP contribution in [0.25, 0.3) is 0 Å². The summed E-state index contributed by atoms with van der Waals surface area (Å²) in [6.07, 6.45) is -0.763. The van der Waals surface area contributed by atoms with Crippen LogP contribution in [0, 0.1) is 0 Å². The van der Waals surface area contributed by atoms with Gasteiger partial charge in [-0.05, 0) is 24.3 Å². The van der Waals surface area contributed by atoms with Gasteiger partial charge in [0.1, 0.15) is 5.75 Å². The average Bonchev–Trinajstić information content (AvgIpc) is 2.57. The van der Waals surface area contributed by atoms with Crippen LogP contribution in [0.5, 0.6) is 5.75 Å². The predicted octanol–water partition coefficient (Wildman–Crippen LogP) is 2.49. The van der Waals surface area contributed by atoms with Gasteiger partial charge in [0.05, 0.1) is 22.8 Å². The second-order valence-corrected chi connectivity index (χ2v) is 5.57. The van der Waals surface area contributed by atoms with Crippen molar-refractivity contribution in [2.75, 3.05) is 18.5 Å². The molecule has 118 valence electrons. The molecule has 1 aliphatic rings. The minimum absolute atomic E-state index is 0.0710. The van der Waals surface area contributed by atoms with Gasteiger partial charge in [-0.3, -0.25) is 9.59 Å². The Morgan fingerprint density at radius 2 is 1.91 bits per heavy atom. The molecule has 0 radical (unpaired) electrons. The molecule has 2 amide bonds. The first-order valence-corrected chi connectivity index (χ1v) is 7.51. The molecule has 1 heterocycles. The molecule has 0 aliphatic carbocycles. The molecule has 2 aromatic carbocycles. The highest BCUT2D eigenvalue weighted by atomic mass is 35.5. The van der Waals surface area contributed by atoms with Crippen LogP contribution in [-0.4, -0.2) is 31.5 Å². The van der Waals surface area contributed by atoms with E-state index in [4.69, 9.17) is 16.3 Å². The number of benzene rings is 2. The van der Waals surface area contributed by atoms with Crippen molar-refractivity contribution in [3.63, 3.8) is 0 Å². The summed E-state index contributed by atoms with van der Waals surface area (Å²) in [4.78, 5) is 26.0. The number of carbonyl (C=O) groups excluding carboxylic acids is 2. The van der Waals surface area contributed by atoms with Crippen molar-refractivity contribution in [3.05, 3.63) is 59.1 Å². The highest BCUT2D eigenvalue weighted by molar-refractivity contribution is 6.33. The predicted molar refractivity (Wildman–Crippen MR) is 88.1 cm³/mol. The number of likely N-dealkylation sites (N-methyl/N-ethyl adjacent to an activating group) is 1. The van der Waals surface area contributed by atoms with Crippen LogP contribution >= 0.6 is 11.6 Å². The number of para-hydroxylation sites is 2. The van der Waals surface area contributed by atoms with E-state index in [1.807, 2.05) is 18.2 Å². The monoisotopic (exact) mass is 330 g/mol. The number of ether oxygens (including phenoxy) is 1. The topological polar surface area (TPSA) is 58.6 Å². The summed E-state index contributed by atoms with van der Waals surface area (Å²) in [5.74, 6) is 0.0725. The molecule has 6 heteroatoms. The molecule has 0 bridgehead atoms. The van der Waals surface area contributed by atoms with E-state index >= 15 is 0 Å². The SMILES string of the molecule is CN1C(=O)C(CNC(=O)c2ccccc2Cl)Oc2ccccc21. The fraction of sp³-hybridized carbons (Fsp3) is 0.176. The van der Waals surface area contributed by atoms with Gasteiger partial charge in [-0.25, -0.2) is 0 Å². The van der Waals surface area contributed by atoms with Crippen LogP contribution in [0.15, 0.2) is 48.5 Å². The van der Waals surface area contributed by atoms with Crippen LogP contribution < -0.4 is 15.0 Å². The van der Waals surface area contributed by atoms with E-state index in [9.17, 15) is 9.59 Å². The van der Waals surface area contributed by atoms with E-state index in [2.05, 4.69) is 5.32 Å². The Kier molecular flexibility index (Phi) is 4.21. The van der Waals surface area contributed by atoms with E-state index in [0.29, 0.717) is 22.0 Å². The first kappa shape index (κ1) is 15.4. The number of hydrogen-bond donors (Lipinski definition) is 1. The largest absolute Gasteiger partial charge is 0.477 e. The zero-order valence-electron chi connectivity index (χ0n) is 12.5. The molecule has 3 rings (SSSR count). The van der Waals surface area contributed by atoms with E-state index < -0.39 is 6.10 Å². The van der Waals surface area contributed by atoms with Crippen molar-refractivity contribution < 1.29 is 14.3 Å². The second kappa shape index (κ2) is 6.30. The molecule has 1 unspecified atom stereocenters. The molecule has 0 fully saturated rings. The standard InChI is InChI=1S/C17H15ClN2O3/c1-20-13-8-4-5-9-14(13)23-15(17(20)22)10-19-16(21)11-6-2-3-7-12(11)18/h2-9,15H,10H2,1H3,(H,19,21). The molecule has 1 atom stereocenters. The highest BCUT2D eigenvalue weighted by Gasteiger charge is 2.32. The van der Waals surface area contributed by atoms with Gasteiger partial charge >= 0.3 is 0 Å². The fourth-order valence-corrected chi connectivity index (χ4v) is 2.65. The van der Waals surface area contributed by atoms with Gasteiger partial charge in [0, 0.05) is 7.05 Å². The summed E-state index contributed by atoms with van der Waals surface area (Å²) in [6, 6.07) is 14.0. The van der Waals surface area contributed by atoms with Crippen LogP contribution in [0.2, 0.25) is 5.02 Å². The molecule has 0 saturated heterocycles. The van der Waals surface area contributed by atoms with E-state index in [1.54, 1.807) is 37.4 Å². The fourth-order valence-electron chi connectivity index (χ4n) is 2.43. The zero-order chi connectivity index (χ0) is 16.4. The van der Waals surface area contributed by atoms with Gasteiger partial charge in [-0.15, -0.1) is 0 Å². The van der Waals surface area contributed by atoms with Crippen molar-refractivity contribution in [2.24, 2.45) is 0 Å². The molecule has 2 aromatic rings. The maximum Gasteiger partial charge on any atom is 0.269 e. The van der Waals surface area contributed by atoms with E-state index in [0.717, 1.165) is 0 Å². The Balaban J connectivity index is 1.71. The number of rotatable bonds is 3. The molecule has 0 aromatic heterocycles. The Labute approximate surface area is 138 Å². The third kappa shape index (κ3) is 3.00. The molecular weight excluding hydrogens is 316 g/mol. The Hall–Kier alpha value is -2.53. The summed E-state index contributed by atoms with van der Waals surface area (Å²) in [5, 5.41) is 3.06. The second-order valence-electron chi connectivity index (χ2n) is 5.16. The molecule has 23 heavy (non-hydrogen) atoms. The summed E-state index contributed by atoms with van der Waals surface area (Å²) in [5.41, 5.74) is 1.08. The molecular formula is C17H15ClN2O3. The quantitative estimate of drug-likeness (QED) is 0.940. The molecule has 1 N–H and O–H groups in total. The minimum atomic E-state index is -0.763. The molecule has 1 aliphatic heterocycles. The summed E-state index contributed by atoms with van der Waals surface area (Å²) >= 11 is 5.99. The maximum absolute atomic E-state index is 12.3. The number of carbonyl (C=O) groups is 2. The summed E-state index contributed by atoms with van der Waals surface area (Å²) in [6.45, 7) is 0.0710. The van der Waals surface area contributed by atoms with Crippen LogP contribution in [0.4, 0.5) is 5.69 Å². The van der Waals surface area contributed by atoms with Gasteiger partial charge in [0.2, 0.25) is 0 Å². The number of amides is 2. The first-order chi connectivity index (χ1) is 11.1. The third-order valence-corrected chi connectivity index (χ3v) is 4.00. The number of nitrogens with zero attached hydrogens (tertiary/aromatic N) is 1. The number of fused-ring (bicyclic) bond motifs is 1. The summed E-state index contributed by atoms with van der Waals surface area (Å²) in [7, 11) is 1.69. The molecule has 5 nitrogen and oxygen atoms in total. The minimum Gasteiger partial charge on any atom is -0.477 e. The van der Waals surface area contributed by atoms with Crippen molar-refractivity contribution >= 4 is 29.1 Å². The Morgan fingerprint density at radius 3 is 2.70 bits per heavy atom. The number of nitrogens with one attached hydrogen (secondary N) is 1.